The van der Waals surface area contributed by atoms with Gasteiger partial charge in [0.25, 0.3) is 0 Å². The third kappa shape index (κ3) is 3.45. The Labute approximate surface area is 148 Å². The average Bonchev–Trinajstić information content (AvgIpc) is 2.67. The molecule has 1 aliphatic heterocycles. The van der Waals surface area contributed by atoms with Crippen LogP contribution in [0.15, 0.2) is 6.33 Å². The maximum Gasteiger partial charge on any atom is 0.237 e. The van der Waals surface area contributed by atoms with Crippen molar-refractivity contribution in [3.8, 4) is 11.9 Å². The Hall–Kier alpha value is -2.20. The Balaban J connectivity index is 1.68. The van der Waals surface area contributed by atoms with Gasteiger partial charge in [-0.1, -0.05) is 19.3 Å². The fourth-order valence-electron chi connectivity index (χ4n) is 3.88. The van der Waals surface area contributed by atoms with Crippen LogP contribution in [0.2, 0.25) is 0 Å². The van der Waals surface area contributed by atoms with E-state index in [9.17, 15) is 10.1 Å². The monoisotopic (exact) mass is 343 g/mol. The van der Waals surface area contributed by atoms with Gasteiger partial charge < -0.3 is 9.64 Å². The van der Waals surface area contributed by atoms with Crippen molar-refractivity contribution in [3.05, 3.63) is 17.6 Å². The highest BCUT2D eigenvalue weighted by Gasteiger charge is 2.39. The predicted molar refractivity (Wildman–Crippen MR) is 91.8 cm³/mol. The SMILES string of the molecule is COc1ncnc2c1CN(CC(=O)N(C)C1(C#N)CCCCC1)CC2. The molecule has 0 unspecified atom stereocenters. The van der Waals surface area contributed by atoms with Crippen molar-refractivity contribution >= 4 is 5.91 Å². The molecular weight excluding hydrogens is 318 g/mol. The molecule has 0 atom stereocenters. The normalized spacial score (nSPS) is 19.6. The molecule has 2 heterocycles. The lowest BCUT2D eigenvalue weighted by Crippen LogP contribution is -2.53. The lowest BCUT2D eigenvalue weighted by molar-refractivity contribution is -0.136. The van der Waals surface area contributed by atoms with Gasteiger partial charge in [0, 0.05) is 32.1 Å². The summed E-state index contributed by atoms with van der Waals surface area (Å²) in [5.41, 5.74) is 1.31. The summed E-state index contributed by atoms with van der Waals surface area (Å²) in [7, 11) is 3.37. The predicted octanol–water partition coefficient (Wildman–Crippen LogP) is 1.53. The summed E-state index contributed by atoms with van der Waals surface area (Å²) in [6.45, 7) is 1.67. The van der Waals surface area contributed by atoms with Crippen LogP contribution >= 0.6 is 0 Å². The van der Waals surface area contributed by atoms with Crippen molar-refractivity contribution < 1.29 is 9.53 Å². The van der Waals surface area contributed by atoms with Crippen LogP contribution in [0.5, 0.6) is 5.88 Å². The van der Waals surface area contributed by atoms with Crippen molar-refractivity contribution in [2.24, 2.45) is 0 Å². The molecule has 25 heavy (non-hydrogen) atoms. The molecule has 3 rings (SSSR count). The summed E-state index contributed by atoms with van der Waals surface area (Å²) < 4.78 is 5.33. The van der Waals surface area contributed by atoms with Gasteiger partial charge in [-0.2, -0.15) is 5.26 Å². The van der Waals surface area contributed by atoms with Crippen LogP contribution in [0, 0.1) is 11.3 Å². The van der Waals surface area contributed by atoms with Gasteiger partial charge in [-0.15, -0.1) is 0 Å². The van der Waals surface area contributed by atoms with E-state index >= 15 is 0 Å². The molecule has 0 spiro atoms. The Kier molecular flexibility index (Phi) is 5.19. The first-order chi connectivity index (χ1) is 12.1. The van der Waals surface area contributed by atoms with Gasteiger partial charge in [0.15, 0.2) is 0 Å². The van der Waals surface area contributed by atoms with Crippen molar-refractivity contribution in [3.63, 3.8) is 0 Å². The molecule has 1 saturated carbocycles. The number of carbonyl (C=O) groups excluding carboxylic acids is 1. The molecule has 1 fully saturated rings. The molecule has 1 aliphatic carbocycles. The highest BCUT2D eigenvalue weighted by atomic mass is 16.5. The zero-order chi connectivity index (χ0) is 17.9. The van der Waals surface area contributed by atoms with Gasteiger partial charge in [0.05, 0.1) is 25.4 Å². The second kappa shape index (κ2) is 7.36. The quantitative estimate of drug-likeness (QED) is 0.824. The molecule has 1 aromatic rings. The smallest absolute Gasteiger partial charge is 0.237 e. The van der Waals surface area contributed by atoms with Crippen molar-refractivity contribution in [1.29, 1.82) is 5.26 Å². The van der Waals surface area contributed by atoms with Gasteiger partial charge in [-0.25, -0.2) is 9.97 Å². The molecular formula is C18H25N5O2. The van der Waals surface area contributed by atoms with Crippen molar-refractivity contribution in [1.82, 2.24) is 19.8 Å². The first-order valence-corrected chi connectivity index (χ1v) is 8.86. The third-order valence-electron chi connectivity index (χ3n) is 5.50. The second-order valence-corrected chi connectivity index (χ2v) is 6.93. The second-order valence-electron chi connectivity index (χ2n) is 6.93. The fraction of sp³-hybridized carbons (Fsp3) is 0.667. The maximum absolute atomic E-state index is 12.8. The largest absolute Gasteiger partial charge is 0.481 e. The molecule has 1 aromatic heterocycles. The zero-order valence-corrected chi connectivity index (χ0v) is 15.0. The number of methoxy groups -OCH3 is 1. The minimum absolute atomic E-state index is 0.00252. The first-order valence-electron chi connectivity index (χ1n) is 8.86. The summed E-state index contributed by atoms with van der Waals surface area (Å²) in [4.78, 5) is 25.1. The molecule has 0 bridgehead atoms. The van der Waals surface area contributed by atoms with E-state index in [1.54, 1.807) is 19.1 Å². The lowest BCUT2D eigenvalue weighted by Gasteiger charge is -2.40. The third-order valence-corrected chi connectivity index (χ3v) is 5.50. The summed E-state index contributed by atoms with van der Waals surface area (Å²) in [6.07, 6.45) is 7.01. The number of nitrogens with zero attached hydrogens (tertiary/aromatic N) is 5. The number of hydrogen-bond acceptors (Lipinski definition) is 6. The van der Waals surface area contributed by atoms with Crippen LogP contribution in [-0.2, 0) is 17.8 Å². The standard InChI is InChI=1S/C18H25N5O2/c1-22(18(12-19)7-4-3-5-8-18)16(24)11-23-9-6-15-14(10-23)17(25-2)21-13-20-15/h13H,3-11H2,1-2H3. The minimum Gasteiger partial charge on any atom is -0.481 e. The molecule has 0 radical (unpaired) electrons. The van der Waals surface area contributed by atoms with E-state index in [2.05, 4.69) is 20.9 Å². The number of rotatable bonds is 4. The summed E-state index contributed by atoms with van der Waals surface area (Å²) in [5.74, 6) is 0.582. The topological polar surface area (TPSA) is 82.4 Å². The molecule has 134 valence electrons. The summed E-state index contributed by atoms with van der Waals surface area (Å²) >= 11 is 0. The molecule has 0 aromatic carbocycles. The minimum atomic E-state index is -0.635. The summed E-state index contributed by atoms with van der Waals surface area (Å²) in [6, 6.07) is 2.42. The summed E-state index contributed by atoms with van der Waals surface area (Å²) in [5, 5.41) is 9.67. The van der Waals surface area contributed by atoms with E-state index in [4.69, 9.17) is 4.74 Å². The Morgan fingerprint density at radius 1 is 1.40 bits per heavy atom. The van der Waals surface area contributed by atoms with Gasteiger partial charge in [0.1, 0.15) is 11.9 Å². The number of hydrogen-bond donors (Lipinski definition) is 0. The molecule has 2 aliphatic rings. The number of amides is 1. The highest BCUT2D eigenvalue weighted by Crippen LogP contribution is 2.32. The maximum atomic E-state index is 12.8. The molecule has 1 amide bonds. The van der Waals surface area contributed by atoms with Crippen LogP contribution in [0.4, 0.5) is 0 Å². The number of ether oxygens (including phenoxy) is 1. The average molecular weight is 343 g/mol. The van der Waals surface area contributed by atoms with E-state index in [-0.39, 0.29) is 5.91 Å². The molecule has 0 N–H and O–H groups in total. The van der Waals surface area contributed by atoms with Gasteiger partial charge in [0.2, 0.25) is 11.8 Å². The van der Waals surface area contributed by atoms with Gasteiger partial charge in [-0.05, 0) is 12.8 Å². The first kappa shape index (κ1) is 17.6. The van der Waals surface area contributed by atoms with Crippen LogP contribution < -0.4 is 4.74 Å². The Bertz CT molecular complexity index is 664. The van der Waals surface area contributed by atoms with Crippen LogP contribution in [0.1, 0.15) is 43.4 Å². The van der Waals surface area contributed by atoms with E-state index in [0.717, 1.165) is 56.3 Å². The van der Waals surface area contributed by atoms with Gasteiger partial charge >= 0.3 is 0 Å². The van der Waals surface area contributed by atoms with E-state index in [1.165, 1.54) is 6.33 Å². The highest BCUT2D eigenvalue weighted by molar-refractivity contribution is 5.79. The van der Waals surface area contributed by atoms with Crippen molar-refractivity contribution in [2.75, 3.05) is 27.2 Å². The van der Waals surface area contributed by atoms with E-state index in [0.29, 0.717) is 19.0 Å². The number of carbonyl (C=O) groups is 1. The zero-order valence-electron chi connectivity index (χ0n) is 15.0. The lowest BCUT2D eigenvalue weighted by atomic mass is 9.81. The van der Waals surface area contributed by atoms with Crippen LogP contribution in [0.3, 0.4) is 0 Å². The molecule has 0 saturated heterocycles. The number of likely N-dealkylation sites (N-methyl/N-ethyl adjacent to an activating group) is 1. The van der Waals surface area contributed by atoms with Crippen molar-refractivity contribution in [2.45, 2.75) is 50.6 Å². The Morgan fingerprint density at radius 3 is 2.84 bits per heavy atom. The van der Waals surface area contributed by atoms with E-state index in [1.807, 2.05) is 0 Å². The Morgan fingerprint density at radius 2 is 2.16 bits per heavy atom. The van der Waals surface area contributed by atoms with E-state index < -0.39 is 5.54 Å². The number of fused-ring (bicyclic) bond motifs is 1. The number of nitriles is 1. The van der Waals surface area contributed by atoms with Crippen LogP contribution in [0.25, 0.3) is 0 Å². The van der Waals surface area contributed by atoms with Crippen LogP contribution in [-0.4, -0.2) is 58.5 Å². The number of aromatic nitrogens is 2. The molecule has 7 heteroatoms. The van der Waals surface area contributed by atoms with Gasteiger partial charge in [-0.3, -0.25) is 9.69 Å². The fourth-order valence-corrected chi connectivity index (χ4v) is 3.88. The molecule has 7 nitrogen and oxygen atoms in total.